The largest absolute Gasteiger partial charge is 0.377 e. The van der Waals surface area contributed by atoms with Gasteiger partial charge in [-0.2, -0.15) is 0 Å². The van der Waals surface area contributed by atoms with E-state index >= 15 is 0 Å². The van der Waals surface area contributed by atoms with Gasteiger partial charge >= 0.3 is 0 Å². The summed E-state index contributed by atoms with van der Waals surface area (Å²) in [6.45, 7) is 7.16. The van der Waals surface area contributed by atoms with Crippen LogP contribution in [0, 0.1) is 0 Å². The first kappa shape index (κ1) is 16.1. The fourth-order valence-corrected chi connectivity index (χ4v) is 4.34. The number of amides is 1. The Kier molecular flexibility index (Phi) is 6.18. The maximum absolute atomic E-state index is 12.4. The lowest BCUT2D eigenvalue weighted by Crippen LogP contribution is -2.58. The molecule has 116 valence electrons. The standard InChI is InChI=1S/C15H28N2O2S/c1-12-8-16(3)9-13(2)17(12)15(18)11-20-10-14-6-4-5-7-19-14/h12-14H,4-11H2,1-3H3/t12-,13-,14-/m1/s1. The molecule has 0 aromatic carbocycles. The van der Waals surface area contributed by atoms with Crippen LogP contribution in [0.3, 0.4) is 0 Å². The molecule has 0 radical (unpaired) electrons. The molecular formula is C15H28N2O2S. The van der Waals surface area contributed by atoms with Gasteiger partial charge in [0.05, 0.1) is 11.9 Å². The molecule has 0 bridgehead atoms. The lowest BCUT2D eigenvalue weighted by atomic mass is 10.1. The molecule has 2 saturated heterocycles. The molecule has 4 nitrogen and oxygen atoms in total. The number of ether oxygens (including phenoxy) is 1. The van der Waals surface area contributed by atoms with Crippen molar-refractivity contribution in [2.75, 3.05) is 38.2 Å². The number of hydrogen-bond donors (Lipinski definition) is 0. The Balaban J connectivity index is 1.73. The fourth-order valence-electron chi connectivity index (χ4n) is 3.37. The second kappa shape index (κ2) is 7.66. The summed E-state index contributed by atoms with van der Waals surface area (Å²) in [6.07, 6.45) is 3.98. The zero-order valence-electron chi connectivity index (χ0n) is 13.0. The van der Waals surface area contributed by atoms with Crippen LogP contribution in [0.25, 0.3) is 0 Å². The van der Waals surface area contributed by atoms with Gasteiger partial charge in [0.1, 0.15) is 0 Å². The normalized spacial score (nSPS) is 32.4. The van der Waals surface area contributed by atoms with E-state index in [9.17, 15) is 4.79 Å². The van der Waals surface area contributed by atoms with Gasteiger partial charge in [-0.15, -0.1) is 11.8 Å². The fraction of sp³-hybridized carbons (Fsp3) is 0.933. The molecule has 0 aromatic heterocycles. The van der Waals surface area contributed by atoms with Crippen molar-refractivity contribution < 1.29 is 9.53 Å². The molecular weight excluding hydrogens is 272 g/mol. The molecule has 20 heavy (non-hydrogen) atoms. The molecule has 1 amide bonds. The minimum atomic E-state index is 0.291. The summed E-state index contributed by atoms with van der Waals surface area (Å²) in [5.41, 5.74) is 0. The number of carbonyl (C=O) groups is 1. The van der Waals surface area contributed by atoms with E-state index in [0.717, 1.165) is 31.9 Å². The molecule has 0 N–H and O–H groups in total. The quantitative estimate of drug-likeness (QED) is 0.793. The van der Waals surface area contributed by atoms with Gasteiger partial charge in [-0.05, 0) is 40.2 Å². The number of thioether (sulfide) groups is 1. The average molecular weight is 300 g/mol. The Labute approximate surface area is 127 Å². The van der Waals surface area contributed by atoms with Crippen LogP contribution in [0.1, 0.15) is 33.1 Å². The van der Waals surface area contributed by atoms with Crippen LogP contribution in [-0.4, -0.2) is 72.1 Å². The summed E-state index contributed by atoms with van der Waals surface area (Å²) >= 11 is 1.74. The summed E-state index contributed by atoms with van der Waals surface area (Å²) in [4.78, 5) is 16.8. The third-order valence-corrected chi connectivity index (χ3v) is 5.25. The van der Waals surface area contributed by atoms with Crippen LogP contribution in [-0.2, 0) is 9.53 Å². The highest BCUT2D eigenvalue weighted by Gasteiger charge is 2.31. The van der Waals surface area contributed by atoms with Gasteiger partial charge in [-0.3, -0.25) is 4.79 Å². The Morgan fingerprint density at radius 3 is 2.55 bits per heavy atom. The van der Waals surface area contributed by atoms with E-state index in [4.69, 9.17) is 4.74 Å². The summed E-state index contributed by atoms with van der Waals surface area (Å²) in [5.74, 6) is 1.85. The monoisotopic (exact) mass is 300 g/mol. The van der Waals surface area contributed by atoms with E-state index in [1.165, 1.54) is 12.8 Å². The number of likely N-dealkylation sites (N-methyl/N-ethyl adjacent to an activating group) is 1. The van der Waals surface area contributed by atoms with Gasteiger partial charge in [-0.1, -0.05) is 0 Å². The second-order valence-corrected chi connectivity index (χ2v) is 7.25. The predicted octanol–water partition coefficient (Wildman–Crippen LogP) is 1.84. The number of carbonyl (C=O) groups excluding carboxylic acids is 1. The number of nitrogens with zero attached hydrogens (tertiary/aromatic N) is 2. The zero-order chi connectivity index (χ0) is 14.5. The molecule has 5 heteroatoms. The van der Waals surface area contributed by atoms with Gasteiger partial charge < -0.3 is 14.5 Å². The summed E-state index contributed by atoms with van der Waals surface area (Å²) in [6, 6.07) is 0.644. The van der Waals surface area contributed by atoms with E-state index in [1.807, 2.05) is 0 Å². The molecule has 0 spiro atoms. The predicted molar refractivity (Wildman–Crippen MR) is 84.2 cm³/mol. The van der Waals surface area contributed by atoms with Crippen LogP contribution in [0.2, 0.25) is 0 Å². The summed E-state index contributed by atoms with van der Waals surface area (Å²) in [7, 11) is 2.13. The van der Waals surface area contributed by atoms with Crippen LogP contribution in [0.5, 0.6) is 0 Å². The van der Waals surface area contributed by atoms with E-state index < -0.39 is 0 Å². The molecule has 0 aromatic rings. The molecule has 0 unspecified atom stereocenters. The highest BCUT2D eigenvalue weighted by molar-refractivity contribution is 7.99. The number of rotatable bonds is 4. The minimum absolute atomic E-state index is 0.291. The van der Waals surface area contributed by atoms with Crippen molar-refractivity contribution in [1.29, 1.82) is 0 Å². The molecule has 3 atom stereocenters. The lowest BCUT2D eigenvalue weighted by molar-refractivity contribution is -0.135. The van der Waals surface area contributed by atoms with E-state index in [2.05, 4.69) is 30.7 Å². The Morgan fingerprint density at radius 2 is 1.95 bits per heavy atom. The molecule has 2 aliphatic heterocycles. The van der Waals surface area contributed by atoms with Crippen molar-refractivity contribution in [3.05, 3.63) is 0 Å². The first-order valence-corrected chi connectivity index (χ1v) is 8.92. The molecule has 2 heterocycles. The van der Waals surface area contributed by atoms with E-state index in [-0.39, 0.29) is 0 Å². The summed E-state index contributed by atoms with van der Waals surface area (Å²) < 4.78 is 5.71. The maximum atomic E-state index is 12.4. The SMILES string of the molecule is C[C@@H]1CN(C)C[C@@H](C)N1C(=O)CSC[C@H]1CCCCO1. The minimum Gasteiger partial charge on any atom is -0.377 e. The van der Waals surface area contributed by atoms with Crippen molar-refractivity contribution >= 4 is 17.7 Å². The first-order valence-electron chi connectivity index (χ1n) is 7.77. The van der Waals surface area contributed by atoms with Gasteiger partial charge in [0.2, 0.25) is 5.91 Å². The van der Waals surface area contributed by atoms with Crippen molar-refractivity contribution in [3.63, 3.8) is 0 Å². The average Bonchev–Trinajstić information content (AvgIpc) is 2.38. The van der Waals surface area contributed by atoms with Crippen LogP contribution in [0.4, 0.5) is 0 Å². The smallest absolute Gasteiger partial charge is 0.233 e. The van der Waals surface area contributed by atoms with Crippen molar-refractivity contribution in [3.8, 4) is 0 Å². The second-order valence-electron chi connectivity index (χ2n) is 6.22. The Morgan fingerprint density at radius 1 is 1.25 bits per heavy atom. The third-order valence-electron chi connectivity index (χ3n) is 4.19. The highest BCUT2D eigenvalue weighted by Crippen LogP contribution is 2.20. The van der Waals surface area contributed by atoms with E-state index in [1.54, 1.807) is 11.8 Å². The topological polar surface area (TPSA) is 32.8 Å². The maximum Gasteiger partial charge on any atom is 0.233 e. The van der Waals surface area contributed by atoms with Crippen molar-refractivity contribution in [1.82, 2.24) is 9.80 Å². The van der Waals surface area contributed by atoms with Crippen LogP contribution in [0.15, 0.2) is 0 Å². The third kappa shape index (κ3) is 4.37. The number of piperazine rings is 1. The van der Waals surface area contributed by atoms with E-state index in [0.29, 0.717) is 29.8 Å². The van der Waals surface area contributed by atoms with Gasteiger partial charge in [-0.25, -0.2) is 0 Å². The summed E-state index contributed by atoms with van der Waals surface area (Å²) in [5, 5.41) is 0. The van der Waals surface area contributed by atoms with Crippen LogP contribution >= 0.6 is 11.8 Å². The zero-order valence-corrected chi connectivity index (χ0v) is 13.8. The molecule has 2 aliphatic rings. The van der Waals surface area contributed by atoms with Gasteiger partial charge in [0.25, 0.3) is 0 Å². The Hall–Kier alpha value is -0.260. The van der Waals surface area contributed by atoms with Crippen molar-refractivity contribution in [2.24, 2.45) is 0 Å². The van der Waals surface area contributed by atoms with Crippen LogP contribution < -0.4 is 0 Å². The first-order chi connectivity index (χ1) is 9.58. The van der Waals surface area contributed by atoms with Crippen molar-refractivity contribution in [2.45, 2.75) is 51.3 Å². The number of hydrogen-bond acceptors (Lipinski definition) is 4. The van der Waals surface area contributed by atoms with Gasteiger partial charge in [0.15, 0.2) is 0 Å². The Bertz CT molecular complexity index is 309. The molecule has 0 aliphatic carbocycles. The molecule has 2 rings (SSSR count). The molecule has 2 fully saturated rings. The highest BCUT2D eigenvalue weighted by atomic mass is 32.2. The lowest BCUT2D eigenvalue weighted by Gasteiger charge is -2.43. The molecule has 0 saturated carbocycles. The van der Waals surface area contributed by atoms with Gasteiger partial charge in [0, 0.05) is 37.5 Å².